The molecule has 168 valence electrons. The largest absolute Gasteiger partial charge is 0.388 e. The van der Waals surface area contributed by atoms with E-state index in [9.17, 15) is 24.9 Å². The first-order valence-corrected chi connectivity index (χ1v) is 11.2. The number of ether oxygens (including phenoxy) is 1. The maximum Gasteiger partial charge on any atom is 0.237 e. The number of aliphatic hydroxyl groups is 3. The van der Waals surface area contributed by atoms with Gasteiger partial charge in [-0.25, -0.2) is 0 Å². The molecule has 0 radical (unpaired) electrons. The van der Waals surface area contributed by atoms with Gasteiger partial charge in [0.1, 0.15) is 29.9 Å². The maximum atomic E-state index is 12.9. The minimum Gasteiger partial charge on any atom is -0.388 e. The first-order chi connectivity index (χ1) is 13.7. The lowest BCUT2D eigenvalue weighted by atomic mass is 9.91. The first kappa shape index (κ1) is 24.3. The van der Waals surface area contributed by atoms with Gasteiger partial charge in [0, 0.05) is 6.04 Å². The summed E-state index contributed by atoms with van der Waals surface area (Å²) < 4.78 is 5.85. The Morgan fingerprint density at radius 2 is 1.90 bits per heavy atom. The van der Waals surface area contributed by atoms with Gasteiger partial charge in [0.05, 0.1) is 18.6 Å². The summed E-state index contributed by atoms with van der Waals surface area (Å²) in [4.78, 5) is 26.9. The van der Waals surface area contributed by atoms with Crippen LogP contribution in [0.1, 0.15) is 19.8 Å². The Bertz CT molecular complexity index is 568. The van der Waals surface area contributed by atoms with Crippen molar-refractivity contribution in [2.45, 2.75) is 67.7 Å². The maximum absolute atomic E-state index is 12.9. The van der Waals surface area contributed by atoms with Gasteiger partial charge < -0.3 is 36.0 Å². The zero-order valence-corrected chi connectivity index (χ0v) is 18.2. The van der Waals surface area contributed by atoms with Gasteiger partial charge >= 0.3 is 0 Å². The van der Waals surface area contributed by atoms with E-state index in [1.54, 1.807) is 20.2 Å². The molecule has 2 heterocycles. The van der Waals surface area contributed by atoms with Crippen LogP contribution in [0.4, 0.5) is 0 Å². The number of carbonyl (C=O) groups is 2. The zero-order chi connectivity index (χ0) is 21.7. The van der Waals surface area contributed by atoms with E-state index in [2.05, 4.69) is 16.0 Å². The molecular formula is C18H34N4O6S. The average Bonchev–Trinajstić information content (AvgIpc) is 3.11. The van der Waals surface area contributed by atoms with E-state index >= 15 is 0 Å². The van der Waals surface area contributed by atoms with E-state index in [0.29, 0.717) is 0 Å². The summed E-state index contributed by atoms with van der Waals surface area (Å²) in [7, 11) is 3.52. The van der Waals surface area contributed by atoms with E-state index in [4.69, 9.17) is 4.74 Å². The summed E-state index contributed by atoms with van der Waals surface area (Å²) in [6.07, 6.45) is -1.78. The average molecular weight is 435 g/mol. The zero-order valence-electron chi connectivity index (χ0n) is 17.4. The Kier molecular flexibility index (Phi) is 9.14. The second kappa shape index (κ2) is 10.9. The smallest absolute Gasteiger partial charge is 0.237 e. The highest BCUT2D eigenvalue weighted by Crippen LogP contribution is 2.29. The van der Waals surface area contributed by atoms with Gasteiger partial charge in [0.2, 0.25) is 11.8 Å². The molecule has 8 atom stereocenters. The van der Waals surface area contributed by atoms with Crippen molar-refractivity contribution in [3.05, 3.63) is 0 Å². The number of thioether (sulfide) groups is 1. The molecule has 0 aliphatic carbocycles. The molecule has 29 heavy (non-hydrogen) atoms. The van der Waals surface area contributed by atoms with Crippen molar-refractivity contribution in [3.8, 4) is 0 Å². The van der Waals surface area contributed by atoms with Crippen molar-refractivity contribution in [2.24, 2.45) is 0 Å². The molecule has 8 unspecified atom stereocenters. The van der Waals surface area contributed by atoms with Gasteiger partial charge in [-0.05, 0) is 46.7 Å². The number of aliphatic hydroxyl groups excluding tert-OH is 3. The molecule has 2 aliphatic heterocycles. The van der Waals surface area contributed by atoms with E-state index in [0.717, 1.165) is 19.4 Å². The molecule has 0 bridgehead atoms. The molecule has 0 aromatic heterocycles. The molecule has 0 aromatic rings. The quantitative estimate of drug-likeness (QED) is 0.243. The Morgan fingerprint density at radius 3 is 2.45 bits per heavy atom. The number of likely N-dealkylation sites (tertiary alicyclic amines) is 1. The summed E-state index contributed by atoms with van der Waals surface area (Å²) >= 11 is 1.20. The molecule has 2 fully saturated rings. The predicted molar refractivity (Wildman–Crippen MR) is 109 cm³/mol. The Labute approximate surface area is 175 Å². The highest BCUT2D eigenvalue weighted by molar-refractivity contribution is 7.99. The third-order valence-electron chi connectivity index (χ3n) is 5.59. The second-order valence-electron chi connectivity index (χ2n) is 7.74. The third kappa shape index (κ3) is 5.81. The Balaban J connectivity index is 2.22. The minimum atomic E-state index is -1.43. The SMILES string of the molecule is CNCC(=O)NC(C)C(NC(=O)C1CCCN1C)C1OC(SC)C(O)C(O)C1O. The van der Waals surface area contributed by atoms with Gasteiger partial charge in [-0.3, -0.25) is 14.5 Å². The number of nitrogens with one attached hydrogen (secondary N) is 3. The van der Waals surface area contributed by atoms with E-state index < -0.39 is 41.9 Å². The van der Waals surface area contributed by atoms with Crippen molar-refractivity contribution >= 4 is 23.6 Å². The number of likely N-dealkylation sites (N-methyl/N-ethyl adjacent to an activating group) is 2. The van der Waals surface area contributed by atoms with Gasteiger partial charge in [0.15, 0.2) is 0 Å². The molecule has 0 spiro atoms. The highest BCUT2D eigenvalue weighted by Gasteiger charge is 2.48. The number of hydrogen-bond donors (Lipinski definition) is 6. The molecule has 6 N–H and O–H groups in total. The Hall–Kier alpha value is -0.950. The lowest BCUT2D eigenvalue weighted by Gasteiger charge is -2.45. The van der Waals surface area contributed by atoms with Crippen molar-refractivity contribution in [1.82, 2.24) is 20.9 Å². The summed E-state index contributed by atoms with van der Waals surface area (Å²) in [6, 6.07) is -1.69. The predicted octanol–water partition coefficient (Wildman–Crippen LogP) is -2.54. The van der Waals surface area contributed by atoms with Gasteiger partial charge in [0.25, 0.3) is 0 Å². The van der Waals surface area contributed by atoms with Crippen molar-refractivity contribution in [3.63, 3.8) is 0 Å². The van der Waals surface area contributed by atoms with Gasteiger partial charge in [-0.15, -0.1) is 11.8 Å². The van der Waals surface area contributed by atoms with Crippen LogP contribution in [0, 0.1) is 0 Å². The molecule has 2 saturated heterocycles. The summed E-state index contributed by atoms with van der Waals surface area (Å²) in [5.41, 5.74) is -0.771. The molecule has 2 rings (SSSR count). The normalized spacial score (nSPS) is 35.1. The molecule has 2 amide bonds. The first-order valence-electron chi connectivity index (χ1n) is 9.88. The second-order valence-corrected chi connectivity index (χ2v) is 8.67. The summed E-state index contributed by atoms with van der Waals surface area (Å²) in [5.74, 6) is -0.494. The van der Waals surface area contributed by atoms with Crippen LogP contribution in [0.2, 0.25) is 0 Å². The fraction of sp³-hybridized carbons (Fsp3) is 0.889. The molecule has 10 nitrogen and oxygen atoms in total. The standard InChI is InChI=1S/C18H34N4O6S/c1-9(20-11(23)8-19-2)12(21-17(27)10-6-5-7-22(10)3)16-14(25)13(24)15(26)18(28-16)29-4/h9-10,12-16,18-19,24-26H,5-8H2,1-4H3,(H,20,23)(H,21,27). The lowest BCUT2D eigenvalue weighted by molar-refractivity contribution is -0.207. The van der Waals surface area contributed by atoms with Crippen LogP contribution in [-0.2, 0) is 14.3 Å². The summed E-state index contributed by atoms with van der Waals surface area (Å²) in [5, 5.41) is 39.5. The lowest BCUT2D eigenvalue weighted by Crippen LogP contribution is -2.67. The van der Waals surface area contributed by atoms with Gasteiger partial charge in [-0.1, -0.05) is 0 Å². The summed E-state index contributed by atoms with van der Waals surface area (Å²) in [6.45, 7) is 2.62. The number of amides is 2. The van der Waals surface area contributed by atoms with Gasteiger partial charge in [-0.2, -0.15) is 0 Å². The number of nitrogens with zero attached hydrogens (tertiary/aromatic N) is 1. The fourth-order valence-electron chi connectivity index (χ4n) is 3.91. The number of hydrogen-bond acceptors (Lipinski definition) is 9. The molecule has 0 aromatic carbocycles. The van der Waals surface area contributed by atoms with Crippen LogP contribution in [0.25, 0.3) is 0 Å². The van der Waals surface area contributed by atoms with E-state index in [1.807, 2.05) is 11.9 Å². The van der Waals surface area contributed by atoms with Crippen LogP contribution in [0.5, 0.6) is 0 Å². The number of carbonyl (C=O) groups excluding carboxylic acids is 2. The topological polar surface area (TPSA) is 143 Å². The highest BCUT2D eigenvalue weighted by atomic mass is 32.2. The third-order valence-corrected chi connectivity index (χ3v) is 6.44. The minimum absolute atomic E-state index is 0.0965. The molecular weight excluding hydrogens is 400 g/mol. The van der Waals surface area contributed by atoms with Crippen molar-refractivity contribution in [1.29, 1.82) is 0 Å². The van der Waals surface area contributed by atoms with Crippen LogP contribution < -0.4 is 16.0 Å². The van der Waals surface area contributed by atoms with Crippen molar-refractivity contribution < 1.29 is 29.6 Å². The van der Waals surface area contributed by atoms with Crippen LogP contribution in [0.3, 0.4) is 0 Å². The monoisotopic (exact) mass is 434 g/mol. The fourth-order valence-corrected chi connectivity index (χ4v) is 4.59. The molecule has 0 saturated carbocycles. The Morgan fingerprint density at radius 1 is 1.21 bits per heavy atom. The van der Waals surface area contributed by atoms with E-state index in [-0.39, 0.29) is 24.4 Å². The molecule has 2 aliphatic rings. The van der Waals surface area contributed by atoms with Crippen LogP contribution in [0.15, 0.2) is 0 Å². The molecule has 11 heteroatoms. The van der Waals surface area contributed by atoms with Crippen molar-refractivity contribution in [2.75, 3.05) is 33.4 Å². The van der Waals surface area contributed by atoms with Crippen LogP contribution in [-0.4, -0.2) is 113 Å². The van der Waals surface area contributed by atoms with E-state index in [1.165, 1.54) is 11.8 Å². The number of rotatable bonds is 8. The van der Waals surface area contributed by atoms with Crippen LogP contribution >= 0.6 is 11.8 Å².